The summed E-state index contributed by atoms with van der Waals surface area (Å²) >= 11 is -0.106. The summed E-state index contributed by atoms with van der Waals surface area (Å²) in [5.74, 6) is 0. The molecule has 84 valence electrons. The molecule has 13 heavy (non-hydrogen) atoms. The van der Waals surface area contributed by atoms with Gasteiger partial charge in [0.1, 0.15) is 0 Å². The van der Waals surface area contributed by atoms with Gasteiger partial charge < -0.3 is 14.9 Å². The van der Waals surface area contributed by atoms with Crippen LogP contribution in [0.2, 0.25) is 0 Å². The number of rotatable bonds is 0. The summed E-state index contributed by atoms with van der Waals surface area (Å²) in [6, 6.07) is 0. The molecule has 0 aromatic carbocycles. The first-order valence-corrected chi connectivity index (χ1v) is 7.54. The van der Waals surface area contributed by atoms with Gasteiger partial charge in [0.2, 0.25) is 0 Å². The molecule has 1 aliphatic carbocycles. The fourth-order valence-electron chi connectivity index (χ4n) is 0.856. The molecular weight excluding hydrogens is 297 g/mol. The predicted octanol–water partition coefficient (Wildman–Crippen LogP) is 4.95. The zero-order valence-electron chi connectivity index (χ0n) is 8.21. The van der Waals surface area contributed by atoms with E-state index < -0.39 is 0 Å². The third-order valence-electron chi connectivity index (χ3n) is 1.33. The molecule has 0 saturated carbocycles. The Morgan fingerprint density at radius 1 is 0.692 bits per heavy atom. The van der Waals surface area contributed by atoms with Crippen molar-refractivity contribution in [3.8, 4) is 0 Å². The van der Waals surface area contributed by atoms with Crippen LogP contribution >= 0.6 is 19.1 Å². The summed E-state index contributed by atoms with van der Waals surface area (Å²) in [6.07, 6.45) is 14.0. The molecule has 0 unspecified atom stereocenters. The van der Waals surface area contributed by atoms with E-state index in [-0.39, 0.29) is 30.8 Å². The third kappa shape index (κ3) is 19.2. The monoisotopic (exact) mass is 314 g/mol. The first-order valence-electron chi connectivity index (χ1n) is 3.54. The SMILES string of the molecule is C1=C\CC/C=C\CC/1.[CH3-].[CH3-].[Cl][Pd][Cl]. The van der Waals surface area contributed by atoms with Gasteiger partial charge in [-0.2, -0.15) is 0 Å². The molecule has 0 N–H and O–H groups in total. The van der Waals surface area contributed by atoms with E-state index in [1.54, 1.807) is 0 Å². The summed E-state index contributed by atoms with van der Waals surface area (Å²) in [4.78, 5) is 0. The summed E-state index contributed by atoms with van der Waals surface area (Å²) in [5.41, 5.74) is 0. The van der Waals surface area contributed by atoms with E-state index in [1.807, 2.05) is 0 Å². The number of allylic oxidation sites excluding steroid dienone is 4. The van der Waals surface area contributed by atoms with Crippen LogP contribution < -0.4 is 0 Å². The first kappa shape index (κ1) is 19.3. The van der Waals surface area contributed by atoms with Gasteiger partial charge in [0, 0.05) is 0 Å². The van der Waals surface area contributed by atoms with Gasteiger partial charge in [-0.25, -0.2) is 0 Å². The normalized spacial score (nSPS) is 18.9. The van der Waals surface area contributed by atoms with Crippen LogP contribution in [0.3, 0.4) is 0 Å². The van der Waals surface area contributed by atoms with Crippen LogP contribution in [-0.2, 0) is 15.9 Å². The Balaban J connectivity index is -0.000000180. The zero-order chi connectivity index (χ0) is 8.36. The Labute approximate surface area is 99.5 Å². The van der Waals surface area contributed by atoms with Crippen molar-refractivity contribution in [2.75, 3.05) is 0 Å². The average molecular weight is 316 g/mol. The number of hydrogen-bond donors (Lipinski definition) is 0. The minimum atomic E-state index is -0.106. The van der Waals surface area contributed by atoms with E-state index >= 15 is 0 Å². The van der Waals surface area contributed by atoms with Gasteiger partial charge in [-0.1, -0.05) is 24.3 Å². The Kier molecular flexibility index (Phi) is 27.5. The van der Waals surface area contributed by atoms with Gasteiger partial charge in [0.25, 0.3) is 0 Å². The molecule has 1 rings (SSSR count). The quantitative estimate of drug-likeness (QED) is 0.337. The Hall–Kier alpha value is 0.722. The minimum absolute atomic E-state index is 0. The standard InChI is InChI=1S/C8H12.2CH3.2ClH.Pd/c1-2-4-6-8-7-5-3-1;;;;;/h1-2,7-8H,3-6H2;2*1H3;2*1H;/q;2*-1;;;+2/p-2/b2-1-,8-7-;;;;;. The summed E-state index contributed by atoms with van der Waals surface area (Å²) in [6.45, 7) is 0. The van der Waals surface area contributed by atoms with E-state index in [0.29, 0.717) is 0 Å². The molecule has 0 fully saturated rings. The van der Waals surface area contributed by atoms with Crippen LogP contribution in [0.1, 0.15) is 25.7 Å². The van der Waals surface area contributed by atoms with Gasteiger partial charge in [0.15, 0.2) is 0 Å². The average Bonchev–Trinajstić information content (AvgIpc) is 1.86. The molecule has 0 aliphatic heterocycles. The second-order valence-corrected chi connectivity index (χ2v) is 4.50. The van der Waals surface area contributed by atoms with Crippen LogP contribution in [0.15, 0.2) is 24.3 Å². The molecule has 0 nitrogen and oxygen atoms in total. The zero-order valence-corrected chi connectivity index (χ0v) is 11.3. The number of halogens is 2. The Morgan fingerprint density at radius 2 is 0.846 bits per heavy atom. The fraction of sp³-hybridized carbons (Fsp3) is 0.400. The molecule has 0 aromatic rings. The van der Waals surface area contributed by atoms with Gasteiger partial charge >= 0.3 is 35.0 Å². The molecule has 3 heteroatoms. The Bertz CT molecular complexity index is 96.1. The maximum absolute atomic E-state index is 4.81. The topological polar surface area (TPSA) is 0 Å². The molecule has 0 radical (unpaired) electrons. The van der Waals surface area contributed by atoms with E-state index in [1.165, 1.54) is 25.7 Å². The van der Waals surface area contributed by atoms with E-state index in [9.17, 15) is 0 Å². The third-order valence-corrected chi connectivity index (χ3v) is 1.33. The molecule has 0 spiro atoms. The molecule has 0 saturated heterocycles. The summed E-state index contributed by atoms with van der Waals surface area (Å²) in [7, 11) is 9.63. The van der Waals surface area contributed by atoms with Gasteiger partial charge in [-0.15, -0.1) is 0 Å². The van der Waals surface area contributed by atoms with Crippen LogP contribution in [0.25, 0.3) is 0 Å². The van der Waals surface area contributed by atoms with Gasteiger partial charge in [-0.3, -0.25) is 0 Å². The summed E-state index contributed by atoms with van der Waals surface area (Å²) in [5, 5.41) is 0. The van der Waals surface area contributed by atoms with Gasteiger partial charge in [-0.05, 0) is 25.7 Å². The first-order chi connectivity index (χ1) is 5.41. The Morgan fingerprint density at radius 3 is 1.00 bits per heavy atom. The van der Waals surface area contributed by atoms with Crippen molar-refractivity contribution < 1.29 is 15.9 Å². The summed E-state index contributed by atoms with van der Waals surface area (Å²) < 4.78 is 0. The van der Waals surface area contributed by atoms with Crippen molar-refractivity contribution in [1.82, 2.24) is 0 Å². The van der Waals surface area contributed by atoms with Crippen molar-refractivity contribution >= 4 is 19.1 Å². The van der Waals surface area contributed by atoms with Crippen molar-refractivity contribution in [3.63, 3.8) is 0 Å². The van der Waals surface area contributed by atoms with Crippen LogP contribution in [0.4, 0.5) is 0 Å². The number of hydrogen-bond acceptors (Lipinski definition) is 0. The van der Waals surface area contributed by atoms with Crippen LogP contribution in [0.5, 0.6) is 0 Å². The molecule has 0 aromatic heterocycles. The van der Waals surface area contributed by atoms with Gasteiger partial charge in [0.05, 0.1) is 0 Å². The fourth-order valence-corrected chi connectivity index (χ4v) is 0.856. The maximum atomic E-state index is 4.81. The van der Waals surface area contributed by atoms with E-state index in [0.717, 1.165) is 0 Å². The van der Waals surface area contributed by atoms with E-state index in [2.05, 4.69) is 24.3 Å². The van der Waals surface area contributed by atoms with Crippen molar-refractivity contribution in [1.29, 1.82) is 0 Å². The molecule has 0 heterocycles. The van der Waals surface area contributed by atoms with Crippen molar-refractivity contribution in [2.24, 2.45) is 0 Å². The van der Waals surface area contributed by atoms with E-state index in [4.69, 9.17) is 19.1 Å². The van der Waals surface area contributed by atoms with Crippen molar-refractivity contribution in [3.05, 3.63) is 39.2 Å². The second kappa shape index (κ2) is 18.5. The molecule has 1 aliphatic rings. The van der Waals surface area contributed by atoms with Crippen molar-refractivity contribution in [2.45, 2.75) is 25.7 Å². The molecule has 0 amide bonds. The molecular formula is C10H18Cl2Pd-2. The van der Waals surface area contributed by atoms with Crippen LogP contribution in [-0.4, -0.2) is 0 Å². The molecule has 0 bridgehead atoms. The second-order valence-electron chi connectivity index (χ2n) is 2.14. The molecule has 0 atom stereocenters. The predicted molar refractivity (Wildman–Crippen MR) is 61.3 cm³/mol. The van der Waals surface area contributed by atoms with Crippen LogP contribution in [0, 0.1) is 14.9 Å².